The highest BCUT2D eigenvalue weighted by Gasteiger charge is 2.25. The molecule has 2 fully saturated rings. The quantitative estimate of drug-likeness (QED) is 0.786. The topological polar surface area (TPSA) is 64.6 Å². The van der Waals surface area contributed by atoms with Gasteiger partial charge >= 0.3 is 6.03 Å². The van der Waals surface area contributed by atoms with Crippen molar-refractivity contribution in [1.29, 1.82) is 0 Å². The minimum atomic E-state index is -0.0387. The Morgan fingerprint density at radius 3 is 2.44 bits per heavy atom. The third-order valence-corrected chi connectivity index (χ3v) is 5.60. The number of nitrogens with zero attached hydrogens (tertiary/aromatic N) is 1. The van der Waals surface area contributed by atoms with E-state index in [0.29, 0.717) is 5.92 Å². The van der Waals surface area contributed by atoms with Gasteiger partial charge in [0.2, 0.25) is 0 Å². The maximum atomic E-state index is 12.3. The van der Waals surface area contributed by atoms with Crippen LogP contribution in [-0.4, -0.2) is 42.9 Å². The number of aryl methyl sites for hydroxylation is 1. The third kappa shape index (κ3) is 5.11. The second-order valence-electron chi connectivity index (χ2n) is 7.64. The molecule has 1 aliphatic carbocycles. The maximum Gasteiger partial charge on any atom is 0.315 e. The molecule has 5 nitrogen and oxygen atoms in total. The van der Waals surface area contributed by atoms with Gasteiger partial charge in [-0.05, 0) is 63.5 Å². The Labute approximate surface area is 150 Å². The Morgan fingerprint density at radius 2 is 1.76 bits per heavy atom. The summed E-state index contributed by atoms with van der Waals surface area (Å²) in [4.78, 5) is 14.7. The average molecular weight is 345 g/mol. The molecule has 1 aliphatic heterocycles. The lowest BCUT2D eigenvalue weighted by Gasteiger charge is -2.35. The zero-order valence-corrected chi connectivity index (χ0v) is 15.2. The Bertz CT molecular complexity index is 553. The molecule has 1 atom stereocenters. The van der Waals surface area contributed by atoms with Gasteiger partial charge in [0, 0.05) is 37.5 Å². The first kappa shape index (κ1) is 18.1. The molecule has 25 heavy (non-hydrogen) atoms. The van der Waals surface area contributed by atoms with Crippen LogP contribution in [0.2, 0.25) is 0 Å². The van der Waals surface area contributed by atoms with E-state index >= 15 is 0 Å². The predicted molar refractivity (Wildman–Crippen MR) is 101 cm³/mol. The lowest BCUT2D eigenvalue weighted by molar-refractivity contribution is 0.174. The highest BCUT2D eigenvalue weighted by Crippen LogP contribution is 2.24. The zero-order valence-electron chi connectivity index (χ0n) is 15.2. The van der Waals surface area contributed by atoms with Crippen molar-refractivity contribution >= 4 is 11.7 Å². The van der Waals surface area contributed by atoms with Crippen LogP contribution < -0.4 is 15.5 Å². The molecule has 3 N–H and O–H groups in total. The van der Waals surface area contributed by atoms with E-state index in [1.807, 2.05) is 0 Å². The molecule has 2 aliphatic rings. The molecule has 1 saturated carbocycles. The van der Waals surface area contributed by atoms with Gasteiger partial charge in [-0.2, -0.15) is 0 Å². The predicted octanol–water partition coefficient (Wildman–Crippen LogP) is 2.81. The lowest BCUT2D eigenvalue weighted by atomic mass is 9.87. The summed E-state index contributed by atoms with van der Waals surface area (Å²) < 4.78 is 0. The number of urea groups is 1. The van der Waals surface area contributed by atoms with Crippen molar-refractivity contribution < 1.29 is 9.90 Å². The smallest absolute Gasteiger partial charge is 0.315 e. The fraction of sp³-hybridized carbons (Fsp3) is 0.650. The second-order valence-corrected chi connectivity index (χ2v) is 7.64. The van der Waals surface area contributed by atoms with Crippen LogP contribution in [0.15, 0.2) is 24.3 Å². The van der Waals surface area contributed by atoms with Crippen LogP contribution >= 0.6 is 0 Å². The van der Waals surface area contributed by atoms with E-state index in [2.05, 4.69) is 46.7 Å². The highest BCUT2D eigenvalue weighted by molar-refractivity contribution is 5.74. The number of hydrogen-bond donors (Lipinski definition) is 3. The highest BCUT2D eigenvalue weighted by atomic mass is 16.3. The Hall–Kier alpha value is -1.75. The Morgan fingerprint density at radius 1 is 1.08 bits per heavy atom. The van der Waals surface area contributed by atoms with Crippen LogP contribution in [0, 0.1) is 12.8 Å². The molecule has 0 bridgehead atoms. The van der Waals surface area contributed by atoms with E-state index in [-0.39, 0.29) is 24.7 Å². The van der Waals surface area contributed by atoms with Crippen molar-refractivity contribution in [1.82, 2.24) is 10.6 Å². The molecular weight excluding hydrogens is 314 g/mol. The maximum absolute atomic E-state index is 12.3. The van der Waals surface area contributed by atoms with Gasteiger partial charge in [-0.3, -0.25) is 0 Å². The zero-order chi connectivity index (χ0) is 17.6. The number of carbonyl (C=O) groups excluding carboxylic acids is 1. The minimum absolute atomic E-state index is 0.0387. The fourth-order valence-corrected chi connectivity index (χ4v) is 3.99. The SMILES string of the molecule is Cc1ccc(N2CCCC(NC(=O)NC3CCC(CO)CC3)C2)cc1. The summed E-state index contributed by atoms with van der Waals surface area (Å²) in [7, 11) is 0. The first-order valence-corrected chi connectivity index (χ1v) is 9.63. The fourth-order valence-electron chi connectivity index (χ4n) is 3.99. The van der Waals surface area contributed by atoms with E-state index in [1.165, 1.54) is 11.3 Å². The number of piperidine rings is 1. The van der Waals surface area contributed by atoms with Crippen molar-refractivity contribution in [3.05, 3.63) is 29.8 Å². The van der Waals surface area contributed by atoms with Crippen molar-refractivity contribution in [3.63, 3.8) is 0 Å². The number of amides is 2. The van der Waals surface area contributed by atoms with E-state index in [4.69, 9.17) is 0 Å². The van der Waals surface area contributed by atoms with Gasteiger partial charge in [0.05, 0.1) is 0 Å². The largest absolute Gasteiger partial charge is 0.396 e. The first-order valence-electron chi connectivity index (χ1n) is 9.63. The molecule has 1 unspecified atom stereocenters. The van der Waals surface area contributed by atoms with E-state index in [1.54, 1.807) is 0 Å². The van der Waals surface area contributed by atoms with Crippen molar-refractivity contribution in [3.8, 4) is 0 Å². The third-order valence-electron chi connectivity index (χ3n) is 5.60. The molecule has 5 heteroatoms. The average Bonchev–Trinajstić information content (AvgIpc) is 2.63. The molecule has 1 heterocycles. The minimum Gasteiger partial charge on any atom is -0.396 e. The summed E-state index contributed by atoms with van der Waals surface area (Å²) in [5.74, 6) is 0.419. The molecule has 0 aromatic heterocycles. The summed E-state index contributed by atoms with van der Waals surface area (Å²) in [6.07, 6.45) is 6.09. The number of aliphatic hydroxyl groups excluding tert-OH is 1. The molecule has 1 saturated heterocycles. The van der Waals surface area contributed by atoms with Gasteiger partial charge in [0.25, 0.3) is 0 Å². The normalized spacial score (nSPS) is 27.0. The van der Waals surface area contributed by atoms with Gasteiger partial charge in [0.15, 0.2) is 0 Å². The summed E-state index contributed by atoms with van der Waals surface area (Å²) >= 11 is 0. The summed E-state index contributed by atoms with van der Waals surface area (Å²) in [5.41, 5.74) is 2.51. The standard InChI is InChI=1S/C20H31N3O2/c1-15-4-10-19(11-5-15)23-12-2-3-18(13-23)22-20(25)21-17-8-6-16(14-24)7-9-17/h4-5,10-11,16-18,24H,2-3,6-9,12-14H2,1H3,(H2,21,22,25). The summed E-state index contributed by atoms with van der Waals surface area (Å²) in [6, 6.07) is 9.02. The van der Waals surface area contributed by atoms with Crippen LogP contribution in [0.5, 0.6) is 0 Å². The first-order chi connectivity index (χ1) is 12.1. The molecule has 138 valence electrons. The summed E-state index contributed by atoms with van der Waals surface area (Å²) in [6.45, 7) is 4.29. The van der Waals surface area contributed by atoms with Crippen LogP contribution in [0.1, 0.15) is 44.1 Å². The van der Waals surface area contributed by atoms with E-state index < -0.39 is 0 Å². The molecule has 3 rings (SSSR count). The second kappa shape index (κ2) is 8.56. The number of anilines is 1. The van der Waals surface area contributed by atoms with Crippen LogP contribution in [-0.2, 0) is 0 Å². The van der Waals surface area contributed by atoms with Crippen molar-refractivity contribution in [2.24, 2.45) is 5.92 Å². The number of benzene rings is 1. The van der Waals surface area contributed by atoms with Gasteiger partial charge in [0.1, 0.15) is 0 Å². The molecule has 0 spiro atoms. The van der Waals surface area contributed by atoms with Gasteiger partial charge < -0.3 is 20.6 Å². The molecule has 1 aromatic rings. The van der Waals surface area contributed by atoms with Gasteiger partial charge in [-0.15, -0.1) is 0 Å². The lowest BCUT2D eigenvalue weighted by Crippen LogP contribution is -2.52. The van der Waals surface area contributed by atoms with Crippen LogP contribution in [0.3, 0.4) is 0 Å². The number of rotatable bonds is 4. The van der Waals surface area contributed by atoms with Crippen molar-refractivity contribution in [2.75, 3.05) is 24.6 Å². The van der Waals surface area contributed by atoms with Crippen LogP contribution in [0.4, 0.5) is 10.5 Å². The number of nitrogens with one attached hydrogen (secondary N) is 2. The van der Waals surface area contributed by atoms with Gasteiger partial charge in [-0.1, -0.05) is 17.7 Å². The Kier molecular flexibility index (Phi) is 6.19. The molecular formula is C20H31N3O2. The number of carbonyl (C=O) groups is 1. The van der Waals surface area contributed by atoms with E-state index in [0.717, 1.165) is 51.6 Å². The van der Waals surface area contributed by atoms with Gasteiger partial charge in [-0.25, -0.2) is 4.79 Å². The van der Waals surface area contributed by atoms with Crippen LogP contribution in [0.25, 0.3) is 0 Å². The molecule has 1 aromatic carbocycles. The Balaban J connectivity index is 1.46. The molecule has 0 radical (unpaired) electrons. The number of hydrogen-bond acceptors (Lipinski definition) is 3. The monoisotopic (exact) mass is 345 g/mol. The van der Waals surface area contributed by atoms with E-state index in [9.17, 15) is 9.90 Å². The molecule has 2 amide bonds. The summed E-state index contributed by atoms with van der Waals surface area (Å²) in [5, 5.41) is 15.5. The number of aliphatic hydroxyl groups is 1. The van der Waals surface area contributed by atoms with Crippen molar-refractivity contribution in [2.45, 2.75) is 57.5 Å².